The lowest BCUT2D eigenvalue weighted by Gasteiger charge is -2.42. The van der Waals surface area contributed by atoms with Crippen molar-refractivity contribution >= 4 is 28.4 Å². The fourth-order valence-corrected chi connectivity index (χ4v) is 10.7. The SMILES string of the molecule is CC1=CCC(C)(CC2(c3cc(C)c(N(c4ccccc4)c4ccc(-c5nnc(-c6ccccc6)o5)cc4)cc3C)CN=c3ccccc3=N2)C=C1N(c1ccccc1)c1ccc(-c2nnc(-c3ccccc3)o2)cc1. The molecule has 10 nitrogen and oxygen atoms in total. The maximum Gasteiger partial charge on any atom is 0.248 e. The lowest BCUT2D eigenvalue weighted by atomic mass is 9.68. The van der Waals surface area contributed by atoms with Crippen molar-refractivity contribution in [3.63, 3.8) is 0 Å². The molecule has 1 aliphatic carbocycles. The van der Waals surface area contributed by atoms with Crippen LogP contribution in [0.25, 0.3) is 45.8 Å². The van der Waals surface area contributed by atoms with Crippen LogP contribution in [0.1, 0.15) is 43.4 Å². The first-order valence-electron chi connectivity index (χ1n) is 25.4. The van der Waals surface area contributed by atoms with Crippen LogP contribution >= 0.6 is 0 Å². The standard InChI is InChI=1S/C65H54N8O2/c1-44-37-38-64(4,41-59(44)73(52-25-15-8-16-26-52)54-35-31-50(32-36-54)63-71-69-61(75-63)48-21-11-6-12-22-48)42-65(43-66-56-27-17-18-28-57(56)67-65)55-39-46(3)58(40-45(55)2)72(51-23-13-7-14-24-51)53-33-29-49(30-34-53)62-70-68-60(74-62)47-19-9-5-10-20-47/h5-37,39-41H,38,42-43H2,1-4H3. The lowest BCUT2D eigenvalue weighted by Crippen LogP contribution is -2.44. The zero-order valence-electron chi connectivity index (χ0n) is 42.3. The van der Waals surface area contributed by atoms with Crippen LogP contribution in [0.15, 0.2) is 248 Å². The Hall–Kier alpha value is -9.28. The van der Waals surface area contributed by atoms with Gasteiger partial charge in [-0.25, -0.2) is 0 Å². The van der Waals surface area contributed by atoms with Crippen molar-refractivity contribution in [2.75, 3.05) is 16.3 Å². The third-order valence-corrected chi connectivity index (χ3v) is 14.4. The second kappa shape index (κ2) is 19.6. The van der Waals surface area contributed by atoms with Gasteiger partial charge >= 0.3 is 0 Å². The number of hydrogen-bond donors (Lipinski definition) is 0. The number of aromatic nitrogens is 4. The van der Waals surface area contributed by atoms with E-state index < -0.39 is 5.54 Å². The fraction of sp³-hybridized carbons (Fsp3) is 0.138. The third kappa shape index (κ3) is 9.27. The van der Waals surface area contributed by atoms with Gasteiger partial charge in [0.25, 0.3) is 0 Å². The number of aryl methyl sites for hydroxylation is 2. The Balaban J connectivity index is 0.909. The normalized spacial score (nSPS) is 17.0. The number of anilines is 5. The van der Waals surface area contributed by atoms with Gasteiger partial charge in [-0.1, -0.05) is 110 Å². The van der Waals surface area contributed by atoms with E-state index in [1.54, 1.807) is 0 Å². The van der Waals surface area contributed by atoms with Crippen molar-refractivity contribution in [2.45, 2.75) is 46.1 Å². The molecule has 75 heavy (non-hydrogen) atoms. The van der Waals surface area contributed by atoms with Gasteiger partial charge < -0.3 is 18.6 Å². The summed E-state index contributed by atoms with van der Waals surface area (Å²) in [6.07, 6.45) is 6.45. The summed E-state index contributed by atoms with van der Waals surface area (Å²) in [6, 6.07) is 70.5. The van der Waals surface area contributed by atoms with E-state index in [4.69, 9.17) is 18.8 Å². The smallest absolute Gasteiger partial charge is 0.248 e. The number of rotatable bonds is 13. The molecule has 2 aromatic heterocycles. The molecular formula is C65H54N8O2. The van der Waals surface area contributed by atoms with Crippen molar-refractivity contribution in [2.24, 2.45) is 15.4 Å². The Morgan fingerprint density at radius 3 is 1.44 bits per heavy atom. The molecular weight excluding hydrogens is 925 g/mol. The van der Waals surface area contributed by atoms with Crippen molar-refractivity contribution in [3.05, 3.63) is 257 Å². The fourth-order valence-electron chi connectivity index (χ4n) is 10.7. The van der Waals surface area contributed by atoms with Gasteiger partial charge in [-0.05, 0) is 177 Å². The molecule has 2 aliphatic rings. The molecule has 0 fully saturated rings. The molecule has 2 atom stereocenters. The van der Waals surface area contributed by atoms with Crippen LogP contribution in [0.4, 0.5) is 28.4 Å². The molecule has 0 amide bonds. The molecule has 0 saturated heterocycles. The summed E-state index contributed by atoms with van der Waals surface area (Å²) >= 11 is 0. The van der Waals surface area contributed by atoms with Crippen LogP contribution in [0.3, 0.4) is 0 Å². The van der Waals surface area contributed by atoms with Crippen LogP contribution in [-0.4, -0.2) is 26.9 Å². The van der Waals surface area contributed by atoms with E-state index in [2.05, 4.69) is 197 Å². The van der Waals surface area contributed by atoms with E-state index >= 15 is 0 Å². The monoisotopic (exact) mass is 978 g/mol. The van der Waals surface area contributed by atoms with Crippen molar-refractivity contribution in [1.82, 2.24) is 20.4 Å². The summed E-state index contributed by atoms with van der Waals surface area (Å²) in [5.74, 6) is 1.92. The van der Waals surface area contributed by atoms with E-state index in [0.717, 1.165) is 91.1 Å². The number of nitrogens with zero attached hydrogens (tertiary/aromatic N) is 8. The number of benzene rings is 8. The van der Waals surface area contributed by atoms with Gasteiger partial charge in [-0.15, -0.1) is 20.4 Å². The number of fused-ring (bicyclic) bond motifs is 1. The van der Waals surface area contributed by atoms with Gasteiger partial charge in [0.2, 0.25) is 23.6 Å². The van der Waals surface area contributed by atoms with Gasteiger partial charge in [0.15, 0.2) is 0 Å². The molecule has 2 unspecified atom stereocenters. The van der Waals surface area contributed by atoms with Crippen LogP contribution in [0.2, 0.25) is 0 Å². The maximum absolute atomic E-state index is 6.16. The zero-order valence-corrected chi connectivity index (χ0v) is 42.3. The van der Waals surface area contributed by atoms with Crippen LogP contribution in [-0.2, 0) is 5.54 Å². The molecule has 12 rings (SSSR count). The minimum atomic E-state index is -0.680. The maximum atomic E-state index is 6.16. The Morgan fingerprint density at radius 2 is 0.907 bits per heavy atom. The number of para-hydroxylation sites is 4. The number of hydrogen-bond acceptors (Lipinski definition) is 10. The zero-order chi connectivity index (χ0) is 50.9. The number of allylic oxidation sites excluding steroid dienone is 3. The highest BCUT2D eigenvalue weighted by atomic mass is 16.4. The molecule has 0 spiro atoms. The van der Waals surface area contributed by atoms with Crippen molar-refractivity contribution in [1.29, 1.82) is 0 Å². The molecule has 8 aromatic carbocycles. The first kappa shape index (κ1) is 46.8. The molecule has 10 aromatic rings. The van der Waals surface area contributed by atoms with Gasteiger partial charge in [-0.2, -0.15) is 0 Å². The van der Waals surface area contributed by atoms with E-state index in [0.29, 0.717) is 30.1 Å². The highest BCUT2D eigenvalue weighted by Crippen LogP contribution is 2.49. The quantitative estimate of drug-likeness (QED) is 0.112. The van der Waals surface area contributed by atoms with E-state index in [-0.39, 0.29) is 5.41 Å². The molecule has 3 heterocycles. The largest absolute Gasteiger partial charge is 0.416 e. The Morgan fingerprint density at radius 1 is 0.467 bits per heavy atom. The van der Waals surface area contributed by atoms with Crippen LogP contribution in [0.5, 0.6) is 0 Å². The van der Waals surface area contributed by atoms with Gasteiger partial charge in [0.05, 0.1) is 17.3 Å². The van der Waals surface area contributed by atoms with E-state index in [9.17, 15) is 0 Å². The summed E-state index contributed by atoms with van der Waals surface area (Å²) in [5, 5.41) is 19.3. The van der Waals surface area contributed by atoms with Crippen LogP contribution < -0.4 is 20.5 Å². The lowest BCUT2D eigenvalue weighted by molar-refractivity contribution is 0.262. The molecule has 366 valence electrons. The molecule has 0 radical (unpaired) electrons. The van der Waals surface area contributed by atoms with Gasteiger partial charge in [-0.3, -0.25) is 9.98 Å². The second-order valence-corrected chi connectivity index (χ2v) is 19.8. The minimum Gasteiger partial charge on any atom is -0.416 e. The van der Waals surface area contributed by atoms with E-state index in [1.807, 2.05) is 78.9 Å². The van der Waals surface area contributed by atoms with Gasteiger partial charge in [0.1, 0.15) is 5.54 Å². The summed E-state index contributed by atoms with van der Waals surface area (Å²) in [4.78, 5) is 15.8. The average Bonchev–Trinajstić information content (AvgIpc) is 4.17. The van der Waals surface area contributed by atoms with E-state index in [1.165, 1.54) is 11.1 Å². The Bertz CT molecular complexity index is 3860. The van der Waals surface area contributed by atoms with Crippen LogP contribution in [0, 0.1) is 19.3 Å². The molecule has 1 aliphatic heterocycles. The molecule has 10 heteroatoms. The summed E-state index contributed by atoms with van der Waals surface area (Å²) in [6.45, 7) is 9.56. The summed E-state index contributed by atoms with van der Waals surface area (Å²) < 4.78 is 12.3. The highest BCUT2D eigenvalue weighted by Gasteiger charge is 2.43. The first-order valence-corrected chi connectivity index (χ1v) is 25.4. The first-order chi connectivity index (χ1) is 36.7. The van der Waals surface area contributed by atoms with Gasteiger partial charge in [0, 0.05) is 56.4 Å². The minimum absolute atomic E-state index is 0.332. The third-order valence-electron chi connectivity index (χ3n) is 14.4. The van der Waals surface area contributed by atoms with Crippen molar-refractivity contribution in [3.8, 4) is 45.8 Å². The Kier molecular flexibility index (Phi) is 12.2. The Labute approximate surface area is 436 Å². The second-order valence-electron chi connectivity index (χ2n) is 19.8. The highest BCUT2D eigenvalue weighted by molar-refractivity contribution is 5.80. The average molecular weight is 979 g/mol. The predicted octanol–water partition coefficient (Wildman–Crippen LogP) is 14.8. The molecule has 0 N–H and O–H groups in total. The molecule has 0 saturated carbocycles. The van der Waals surface area contributed by atoms with Crippen molar-refractivity contribution < 1.29 is 8.83 Å². The molecule has 0 bridgehead atoms. The summed E-state index contributed by atoms with van der Waals surface area (Å²) in [5.41, 5.74) is 13.4. The topological polar surface area (TPSA) is 109 Å². The summed E-state index contributed by atoms with van der Waals surface area (Å²) in [7, 11) is 0. The predicted molar refractivity (Wildman–Crippen MR) is 298 cm³/mol.